The van der Waals surface area contributed by atoms with E-state index in [1.165, 1.54) is 6.20 Å². The first-order valence-electron chi connectivity index (χ1n) is 4.70. The van der Waals surface area contributed by atoms with Crippen molar-refractivity contribution in [3.63, 3.8) is 0 Å². The number of nitrogens with one attached hydrogen (secondary N) is 1. The Morgan fingerprint density at radius 1 is 1.38 bits per heavy atom. The van der Waals surface area contributed by atoms with Gasteiger partial charge in [0.05, 0.1) is 11.9 Å². The van der Waals surface area contributed by atoms with Crippen molar-refractivity contribution in [2.24, 2.45) is 7.05 Å². The maximum atomic E-state index is 8.87. The molecule has 0 aliphatic rings. The Bertz CT molecular complexity index is 533. The van der Waals surface area contributed by atoms with Gasteiger partial charge in [-0.3, -0.25) is 4.68 Å². The summed E-state index contributed by atoms with van der Waals surface area (Å²) in [4.78, 5) is 0. The first kappa shape index (κ1) is 10.1. The quantitative estimate of drug-likeness (QED) is 0.810. The first-order chi connectivity index (χ1) is 7.70. The molecule has 80 valence electrons. The van der Waals surface area contributed by atoms with Gasteiger partial charge in [0.15, 0.2) is 5.82 Å². The molecule has 0 bridgehead atoms. The van der Waals surface area contributed by atoms with Gasteiger partial charge in [-0.15, -0.1) is 5.10 Å². The molecule has 2 heterocycles. The van der Waals surface area contributed by atoms with Crippen LogP contribution in [0.15, 0.2) is 18.3 Å². The Hall–Kier alpha value is -2.42. The summed E-state index contributed by atoms with van der Waals surface area (Å²) in [6.45, 7) is 1.86. The lowest BCUT2D eigenvalue weighted by Gasteiger charge is -2.05. The van der Waals surface area contributed by atoms with Gasteiger partial charge in [-0.05, 0) is 19.1 Å². The molecular formula is C10H10N6. The van der Waals surface area contributed by atoms with Gasteiger partial charge in [0, 0.05) is 7.05 Å². The molecule has 0 saturated heterocycles. The minimum atomic E-state index is 0.477. The Morgan fingerprint density at radius 2 is 2.19 bits per heavy atom. The lowest BCUT2D eigenvalue weighted by molar-refractivity contribution is 0.775. The molecule has 0 fully saturated rings. The fraction of sp³-hybridized carbons (Fsp3) is 0.200. The summed E-state index contributed by atoms with van der Waals surface area (Å²) in [7, 11) is 1.75. The Labute approximate surface area is 92.5 Å². The van der Waals surface area contributed by atoms with E-state index in [1.807, 2.05) is 13.0 Å². The van der Waals surface area contributed by atoms with Crippen LogP contribution in [-0.4, -0.2) is 20.0 Å². The monoisotopic (exact) mass is 214 g/mol. The number of aromatic nitrogens is 4. The summed E-state index contributed by atoms with van der Waals surface area (Å²) in [5.41, 5.74) is 1.32. The molecule has 0 aliphatic carbocycles. The molecule has 0 saturated carbocycles. The number of rotatable bonds is 2. The van der Waals surface area contributed by atoms with Crippen molar-refractivity contribution in [3.05, 3.63) is 29.6 Å². The van der Waals surface area contributed by atoms with Crippen molar-refractivity contribution in [3.8, 4) is 6.07 Å². The Balaban J connectivity index is 2.30. The standard InChI is InChI=1S/C10H10N6/c1-7-3-4-9(15-14-7)13-10-8(5-11)6-12-16(10)2/h3-4,6H,1-2H3,(H,13,15). The largest absolute Gasteiger partial charge is 0.323 e. The second-order valence-electron chi connectivity index (χ2n) is 3.33. The molecule has 0 spiro atoms. The van der Waals surface area contributed by atoms with E-state index in [9.17, 15) is 0 Å². The zero-order chi connectivity index (χ0) is 11.5. The fourth-order valence-corrected chi connectivity index (χ4v) is 1.25. The number of nitriles is 1. The molecule has 0 atom stereocenters. The number of aryl methyl sites for hydroxylation is 2. The highest BCUT2D eigenvalue weighted by molar-refractivity contribution is 5.59. The number of hydrogen-bond acceptors (Lipinski definition) is 5. The van der Waals surface area contributed by atoms with Crippen LogP contribution in [0.1, 0.15) is 11.3 Å². The number of anilines is 2. The summed E-state index contributed by atoms with van der Waals surface area (Å²) in [6, 6.07) is 5.70. The van der Waals surface area contributed by atoms with Crippen molar-refractivity contribution in [1.29, 1.82) is 5.26 Å². The van der Waals surface area contributed by atoms with Crippen molar-refractivity contribution in [1.82, 2.24) is 20.0 Å². The maximum Gasteiger partial charge on any atom is 0.154 e. The van der Waals surface area contributed by atoms with Crippen molar-refractivity contribution >= 4 is 11.6 Å². The predicted octanol–water partition coefficient (Wildman–Crippen LogP) is 1.13. The smallest absolute Gasteiger partial charge is 0.154 e. The van der Waals surface area contributed by atoms with Crippen LogP contribution in [0.25, 0.3) is 0 Å². The van der Waals surface area contributed by atoms with Gasteiger partial charge in [-0.1, -0.05) is 0 Å². The van der Waals surface area contributed by atoms with Gasteiger partial charge in [-0.25, -0.2) is 0 Å². The van der Waals surface area contributed by atoms with Crippen molar-refractivity contribution in [2.75, 3.05) is 5.32 Å². The molecule has 2 aromatic rings. The Morgan fingerprint density at radius 3 is 2.81 bits per heavy atom. The summed E-state index contributed by atoms with van der Waals surface area (Å²) in [5.74, 6) is 1.20. The third-order valence-corrected chi connectivity index (χ3v) is 2.10. The molecule has 0 radical (unpaired) electrons. The molecule has 0 aromatic carbocycles. The zero-order valence-corrected chi connectivity index (χ0v) is 8.97. The second-order valence-corrected chi connectivity index (χ2v) is 3.33. The molecule has 1 N–H and O–H groups in total. The van der Waals surface area contributed by atoms with Crippen molar-refractivity contribution < 1.29 is 0 Å². The molecule has 2 aromatic heterocycles. The number of hydrogen-bond donors (Lipinski definition) is 1. The van der Waals surface area contributed by atoms with Crippen LogP contribution in [0.2, 0.25) is 0 Å². The summed E-state index contributed by atoms with van der Waals surface area (Å²) in [5, 5.41) is 23.7. The van der Waals surface area contributed by atoms with Crippen LogP contribution in [0, 0.1) is 18.3 Å². The fourth-order valence-electron chi connectivity index (χ4n) is 1.25. The van der Waals surface area contributed by atoms with Gasteiger partial charge in [0.2, 0.25) is 0 Å². The van der Waals surface area contributed by atoms with Crippen LogP contribution >= 0.6 is 0 Å². The van der Waals surface area contributed by atoms with E-state index >= 15 is 0 Å². The highest BCUT2D eigenvalue weighted by atomic mass is 15.3. The molecule has 6 nitrogen and oxygen atoms in total. The maximum absolute atomic E-state index is 8.87. The van der Waals surface area contributed by atoms with E-state index in [1.54, 1.807) is 17.8 Å². The summed E-state index contributed by atoms with van der Waals surface area (Å²) >= 11 is 0. The predicted molar refractivity (Wildman–Crippen MR) is 58.0 cm³/mol. The summed E-state index contributed by atoms with van der Waals surface area (Å²) < 4.78 is 1.58. The van der Waals surface area contributed by atoms with Crippen molar-refractivity contribution in [2.45, 2.75) is 6.92 Å². The lowest BCUT2D eigenvalue weighted by Crippen LogP contribution is -2.02. The molecule has 0 aliphatic heterocycles. The lowest BCUT2D eigenvalue weighted by atomic mass is 10.3. The van der Waals surface area contributed by atoms with E-state index < -0.39 is 0 Å². The molecule has 0 amide bonds. The molecule has 16 heavy (non-hydrogen) atoms. The van der Waals surface area contributed by atoms with Gasteiger partial charge in [-0.2, -0.15) is 15.5 Å². The van der Waals surface area contributed by atoms with E-state index in [2.05, 4.69) is 26.7 Å². The highest BCUT2D eigenvalue weighted by Crippen LogP contribution is 2.17. The van der Waals surface area contributed by atoms with Crippen LogP contribution in [0.4, 0.5) is 11.6 Å². The molecule has 0 unspecified atom stereocenters. The molecular weight excluding hydrogens is 204 g/mol. The number of nitrogens with zero attached hydrogens (tertiary/aromatic N) is 5. The van der Waals surface area contributed by atoms with Gasteiger partial charge in [0.1, 0.15) is 17.5 Å². The highest BCUT2D eigenvalue weighted by Gasteiger charge is 2.08. The van der Waals surface area contributed by atoms with Gasteiger partial charge >= 0.3 is 0 Å². The average Bonchev–Trinajstić information content (AvgIpc) is 2.63. The molecule has 6 heteroatoms. The topological polar surface area (TPSA) is 79.4 Å². The van der Waals surface area contributed by atoms with E-state index in [0.29, 0.717) is 17.2 Å². The molecule has 2 rings (SSSR count). The van der Waals surface area contributed by atoms with Crippen LogP contribution in [0.5, 0.6) is 0 Å². The van der Waals surface area contributed by atoms with Gasteiger partial charge < -0.3 is 5.32 Å². The minimum absolute atomic E-state index is 0.477. The average molecular weight is 214 g/mol. The summed E-state index contributed by atoms with van der Waals surface area (Å²) in [6.07, 6.45) is 1.50. The van der Waals surface area contributed by atoms with E-state index in [-0.39, 0.29) is 0 Å². The first-order valence-corrected chi connectivity index (χ1v) is 4.70. The SMILES string of the molecule is Cc1ccc(Nc2c(C#N)cnn2C)nn1. The van der Waals surface area contributed by atoms with Crippen LogP contribution < -0.4 is 5.32 Å². The second kappa shape index (κ2) is 3.98. The third kappa shape index (κ3) is 1.83. The van der Waals surface area contributed by atoms with Gasteiger partial charge in [0.25, 0.3) is 0 Å². The van der Waals surface area contributed by atoms with Crippen LogP contribution in [0.3, 0.4) is 0 Å². The van der Waals surface area contributed by atoms with E-state index in [0.717, 1.165) is 5.69 Å². The minimum Gasteiger partial charge on any atom is -0.323 e. The third-order valence-electron chi connectivity index (χ3n) is 2.10. The van der Waals surface area contributed by atoms with E-state index in [4.69, 9.17) is 5.26 Å². The normalized spacial score (nSPS) is 9.81. The Kier molecular flexibility index (Phi) is 2.52. The van der Waals surface area contributed by atoms with Crippen LogP contribution in [-0.2, 0) is 7.05 Å². The zero-order valence-electron chi connectivity index (χ0n) is 8.97.